The minimum Gasteiger partial charge on any atom is -0.328 e. The molecule has 0 spiro atoms. The van der Waals surface area contributed by atoms with Gasteiger partial charge in [-0.15, -0.1) is 0 Å². The quantitative estimate of drug-likeness (QED) is 0.879. The van der Waals surface area contributed by atoms with Crippen LogP contribution in [-0.4, -0.2) is 29.0 Å². The van der Waals surface area contributed by atoms with Crippen LogP contribution in [0.15, 0.2) is 6.20 Å². The molecule has 0 aliphatic carbocycles. The molecule has 1 fully saturated rings. The van der Waals surface area contributed by atoms with Gasteiger partial charge >= 0.3 is 0 Å². The third-order valence-corrected chi connectivity index (χ3v) is 4.11. The van der Waals surface area contributed by atoms with Gasteiger partial charge in [-0.05, 0) is 37.8 Å². The van der Waals surface area contributed by atoms with Gasteiger partial charge in [0.15, 0.2) is 0 Å². The van der Waals surface area contributed by atoms with Gasteiger partial charge in [0.05, 0.1) is 5.69 Å². The Morgan fingerprint density at radius 1 is 1.41 bits per heavy atom. The number of likely N-dealkylation sites (tertiary alicyclic amines) is 1. The second-order valence-electron chi connectivity index (χ2n) is 4.94. The normalized spacial score (nSPS) is 18.6. The highest BCUT2D eigenvalue weighted by atomic mass is 35.5. The lowest BCUT2D eigenvalue weighted by Crippen LogP contribution is -2.39. The summed E-state index contributed by atoms with van der Waals surface area (Å²) < 4.78 is 0. The summed E-state index contributed by atoms with van der Waals surface area (Å²) in [6.07, 6.45) is 4.03. The molecule has 0 radical (unpaired) electrons. The Morgan fingerprint density at radius 2 is 2.06 bits per heavy atom. The van der Waals surface area contributed by atoms with Crippen LogP contribution in [0, 0.1) is 13.8 Å². The zero-order valence-electron chi connectivity index (χ0n) is 10.5. The summed E-state index contributed by atoms with van der Waals surface area (Å²) in [7, 11) is 0. The van der Waals surface area contributed by atoms with Gasteiger partial charge in [0.2, 0.25) is 0 Å². The summed E-state index contributed by atoms with van der Waals surface area (Å²) in [5, 5.41) is 0.851. The summed E-state index contributed by atoms with van der Waals surface area (Å²) >= 11 is 6.25. The molecule has 0 atom stereocenters. The van der Waals surface area contributed by atoms with Crippen molar-refractivity contribution in [1.82, 2.24) is 9.88 Å². The van der Waals surface area contributed by atoms with Crippen molar-refractivity contribution in [2.75, 3.05) is 13.1 Å². The standard InChI is InChI=1S/C13H20ClN3/c1-9-7-16-12(10(2)13(9)14)8-17-5-3-11(15)4-6-17/h7,11H,3-6,8,15H2,1-2H3. The number of aromatic nitrogens is 1. The molecule has 0 unspecified atom stereocenters. The van der Waals surface area contributed by atoms with Gasteiger partial charge < -0.3 is 5.73 Å². The number of nitrogens with two attached hydrogens (primary N) is 1. The lowest BCUT2D eigenvalue weighted by molar-refractivity contribution is 0.203. The number of pyridine rings is 1. The lowest BCUT2D eigenvalue weighted by atomic mass is 10.1. The zero-order valence-corrected chi connectivity index (χ0v) is 11.3. The minimum absolute atomic E-state index is 0.377. The van der Waals surface area contributed by atoms with Crippen LogP contribution in [0.3, 0.4) is 0 Å². The molecule has 1 aliphatic rings. The zero-order chi connectivity index (χ0) is 12.4. The van der Waals surface area contributed by atoms with Crippen molar-refractivity contribution in [2.45, 2.75) is 39.3 Å². The van der Waals surface area contributed by atoms with Crippen molar-refractivity contribution in [1.29, 1.82) is 0 Å². The van der Waals surface area contributed by atoms with Gasteiger partial charge in [0, 0.05) is 36.9 Å². The summed E-state index contributed by atoms with van der Waals surface area (Å²) in [6.45, 7) is 7.06. The van der Waals surface area contributed by atoms with E-state index in [1.165, 1.54) is 0 Å². The topological polar surface area (TPSA) is 42.2 Å². The van der Waals surface area contributed by atoms with Gasteiger partial charge in [-0.25, -0.2) is 0 Å². The van der Waals surface area contributed by atoms with Gasteiger partial charge in [0.1, 0.15) is 0 Å². The molecule has 2 heterocycles. The summed E-state index contributed by atoms with van der Waals surface area (Å²) in [5.74, 6) is 0. The van der Waals surface area contributed by atoms with Crippen molar-refractivity contribution in [3.8, 4) is 0 Å². The van der Waals surface area contributed by atoms with Gasteiger partial charge in [0.25, 0.3) is 0 Å². The van der Waals surface area contributed by atoms with Crippen LogP contribution in [0.4, 0.5) is 0 Å². The number of hydrogen-bond acceptors (Lipinski definition) is 3. The molecule has 2 rings (SSSR count). The van der Waals surface area contributed by atoms with E-state index in [-0.39, 0.29) is 0 Å². The largest absolute Gasteiger partial charge is 0.328 e. The second kappa shape index (κ2) is 5.34. The highest BCUT2D eigenvalue weighted by Gasteiger charge is 2.17. The molecular formula is C13H20ClN3. The smallest absolute Gasteiger partial charge is 0.0588 e. The highest BCUT2D eigenvalue weighted by molar-refractivity contribution is 6.32. The van der Waals surface area contributed by atoms with Crippen LogP contribution < -0.4 is 5.73 Å². The Labute approximate surface area is 108 Å². The first-order chi connectivity index (χ1) is 8.08. The number of hydrogen-bond donors (Lipinski definition) is 1. The molecule has 0 amide bonds. The average molecular weight is 254 g/mol. The van der Waals surface area contributed by atoms with E-state index in [0.717, 1.165) is 54.3 Å². The molecule has 94 valence electrons. The molecule has 4 heteroatoms. The van der Waals surface area contributed by atoms with E-state index in [9.17, 15) is 0 Å². The van der Waals surface area contributed by atoms with Crippen LogP contribution in [0.1, 0.15) is 29.7 Å². The van der Waals surface area contributed by atoms with Crippen LogP contribution in [0.2, 0.25) is 5.02 Å². The maximum absolute atomic E-state index is 6.25. The fourth-order valence-electron chi connectivity index (χ4n) is 2.23. The van der Waals surface area contributed by atoms with Crippen molar-refractivity contribution in [3.05, 3.63) is 28.0 Å². The molecule has 1 aromatic heterocycles. The molecular weight excluding hydrogens is 234 g/mol. The van der Waals surface area contributed by atoms with Crippen LogP contribution in [-0.2, 0) is 6.54 Å². The summed E-state index contributed by atoms with van der Waals surface area (Å²) in [6, 6.07) is 0.377. The first kappa shape index (κ1) is 12.8. The SMILES string of the molecule is Cc1cnc(CN2CCC(N)CC2)c(C)c1Cl. The van der Waals surface area contributed by atoms with Crippen molar-refractivity contribution in [2.24, 2.45) is 5.73 Å². The predicted octanol–water partition coefficient (Wildman–Crippen LogP) is 2.27. The van der Waals surface area contributed by atoms with E-state index in [1.54, 1.807) is 0 Å². The van der Waals surface area contributed by atoms with Crippen molar-refractivity contribution in [3.63, 3.8) is 0 Å². The average Bonchev–Trinajstić information content (AvgIpc) is 2.33. The van der Waals surface area contributed by atoms with E-state index in [2.05, 4.69) is 9.88 Å². The molecule has 0 saturated carbocycles. The summed E-state index contributed by atoms with van der Waals surface area (Å²) in [4.78, 5) is 6.90. The van der Waals surface area contributed by atoms with Gasteiger partial charge in [-0.3, -0.25) is 9.88 Å². The molecule has 3 nitrogen and oxygen atoms in total. The molecule has 1 saturated heterocycles. The first-order valence-corrected chi connectivity index (χ1v) is 6.54. The van der Waals surface area contributed by atoms with Gasteiger partial charge in [-0.1, -0.05) is 11.6 Å². The molecule has 0 bridgehead atoms. The van der Waals surface area contributed by atoms with Crippen molar-refractivity contribution < 1.29 is 0 Å². The Balaban J connectivity index is 2.06. The van der Waals surface area contributed by atoms with Crippen LogP contribution in [0.5, 0.6) is 0 Å². The Bertz CT molecular complexity index is 398. The third kappa shape index (κ3) is 2.97. The van der Waals surface area contributed by atoms with E-state index >= 15 is 0 Å². The van der Waals surface area contributed by atoms with Crippen LogP contribution >= 0.6 is 11.6 Å². The van der Waals surface area contributed by atoms with E-state index in [1.807, 2.05) is 20.0 Å². The number of nitrogens with zero attached hydrogens (tertiary/aromatic N) is 2. The fraction of sp³-hybridized carbons (Fsp3) is 0.615. The number of halogens is 1. The Morgan fingerprint density at radius 3 is 2.71 bits per heavy atom. The minimum atomic E-state index is 0.377. The number of rotatable bonds is 2. The highest BCUT2D eigenvalue weighted by Crippen LogP contribution is 2.23. The predicted molar refractivity (Wildman–Crippen MR) is 71.2 cm³/mol. The third-order valence-electron chi connectivity index (χ3n) is 3.53. The maximum atomic E-state index is 6.25. The number of aryl methyl sites for hydroxylation is 1. The lowest BCUT2D eigenvalue weighted by Gasteiger charge is -2.30. The van der Waals surface area contributed by atoms with E-state index in [4.69, 9.17) is 17.3 Å². The Hall–Kier alpha value is -0.640. The molecule has 1 aliphatic heterocycles. The number of piperidine rings is 1. The molecule has 1 aromatic rings. The summed E-state index contributed by atoms with van der Waals surface area (Å²) in [5.41, 5.74) is 9.16. The molecule has 17 heavy (non-hydrogen) atoms. The first-order valence-electron chi connectivity index (χ1n) is 6.16. The second-order valence-corrected chi connectivity index (χ2v) is 5.32. The molecule has 0 aromatic carbocycles. The van der Waals surface area contributed by atoms with Crippen molar-refractivity contribution >= 4 is 11.6 Å². The molecule has 2 N–H and O–H groups in total. The Kier molecular flexibility index (Phi) is 4.02. The van der Waals surface area contributed by atoms with E-state index < -0.39 is 0 Å². The van der Waals surface area contributed by atoms with E-state index in [0.29, 0.717) is 6.04 Å². The fourth-order valence-corrected chi connectivity index (χ4v) is 2.39. The monoisotopic (exact) mass is 253 g/mol. The van der Waals surface area contributed by atoms with Crippen LogP contribution in [0.25, 0.3) is 0 Å². The van der Waals surface area contributed by atoms with Gasteiger partial charge in [-0.2, -0.15) is 0 Å². The maximum Gasteiger partial charge on any atom is 0.0588 e.